The standard InChI is InChI=1S/C25H29FN4O3/c26-21-7-5-19(6-8-21)25(33)20-9-14-28(15-10-20)12-3-13-30-23(31)17-29(18-24(30)32)16-22-4-1-2-11-27-22/h1-2,4-8,11,20H,3,9-10,12-18H2. The van der Waals surface area contributed by atoms with Gasteiger partial charge in [-0.3, -0.25) is 29.2 Å². The van der Waals surface area contributed by atoms with Crippen LogP contribution in [0.15, 0.2) is 48.7 Å². The zero-order valence-electron chi connectivity index (χ0n) is 18.7. The molecule has 1 aromatic heterocycles. The average molecular weight is 453 g/mol. The molecule has 0 aliphatic carbocycles. The Balaban J connectivity index is 1.18. The van der Waals surface area contributed by atoms with Crippen molar-refractivity contribution in [3.63, 3.8) is 0 Å². The van der Waals surface area contributed by atoms with Crippen LogP contribution in [0.4, 0.5) is 4.39 Å². The number of pyridine rings is 1. The van der Waals surface area contributed by atoms with E-state index in [9.17, 15) is 18.8 Å². The first-order valence-electron chi connectivity index (χ1n) is 11.5. The highest BCUT2D eigenvalue weighted by Gasteiger charge is 2.31. The number of Topliss-reactive ketones (excluding diaryl/α,β-unsaturated/α-hetero) is 1. The number of rotatable bonds is 8. The Bertz CT molecular complexity index is 957. The molecule has 2 aliphatic heterocycles. The number of carbonyl (C=O) groups excluding carboxylic acids is 3. The van der Waals surface area contributed by atoms with Crippen molar-refractivity contribution in [2.24, 2.45) is 5.92 Å². The summed E-state index contributed by atoms with van der Waals surface area (Å²) in [5.74, 6) is -0.624. The second-order valence-electron chi connectivity index (χ2n) is 8.75. The van der Waals surface area contributed by atoms with E-state index < -0.39 is 0 Å². The van der Waals surface area contributed by atoms with Crippen molar-refractivity contribution in [3.8, 4) is 0 Å². The number of ketones is 1. The highest BCUT2D eigenvalue weighted by molar-refractivity contribution is 5.99. The first kappa shape index (κ1) is 23.2. The van der Waals surface area contributed by atoms with E-state index in [1.54, 1.807) is 18.3 Å². The van der Waals surface area contributed by atoms with Gasteiger partial charge in [-0.05, 0) is 75.3 Å². The molecule has 0 N–H and O–H groups in total. The summed E-state index contributed by atoms with van der Waals surface area (Å²) in [6.07, 6.45) is 3.95. The van der Waals surface area contributed by atoms with Crippen LogP contribution >= 0.6 is 0 Å². The Kier molecular flexibility index (Phi) is 7.57. The lowest BCUT2D eigenvalue weighted by Crippen LogP contribution is -2.54. The lowest BCUT2D eigenvalue weighted by molar-refractivity contribution is -0.151. The molecule has 8 heteroatoms. The average Bonchev–Trinajstić information content (AvgIpc) is 2.82. The van der Waals surface area contributed by atoms with E-state index in [4.69, 9.17) is 0 Å². The number of hydrogen-bond donors (Lipinski definition) is 0. The predicted octanol–water partition coefficient (Wildman–Crippen LogP) is 2.38. The number of aromatic nitrogens is 1. The molecule has 3 heterocycles. The number of amides is 2. The van der Waals surface area contributed by atoms with Gasteiger partial charge in [0.05, 0.1) is 18.8 Å². The monoisotopic (exact) mass is 452 g/mol. The quantitative estimate of drug-likeness (QED) is 0.452. The minimum absolute atomic E-state index is 0.0398. The molecule has 2 fully saturated rings. The van der Waals surface area contributed by atoms with Gasteiger partial charge in [-0.1, -0.05) is 6.07 Å². The lowest BCUT2D eigenvalue weighted by atomic mass is 9.89. The second-order valence-corrected chi connectivity index (χ2v) is 8.75. The SMILES string of the molecule is O=C(c1ccc(F)cc1)C1CCN(CCCN2C(=O)CN(Cc3ccccn3)CC2=O)CC1. The number of hydrogen-bond acceptors (Lipinski definition) is 6. The van der Waals surface area contributed by atoms with Crippen molar-refractivity contribution >= 4 is 17.6 Å². The third kappa shape index (κ3) is 6.09. The molecule has 174 valence electrons. The zero-order valence-corrected chi connectivity index (χ0v) is 18.7. The smallest absolute Gasteiger partial charge is 0.243 e. The Labute approximate surface area is 193 Å². The Morgan fingerprint density at radius 1 is 0.939 bits per heavy atom. The number of piperidine rings is 1. The van der Waals surface area contributed by atoms with Gasteiger partial charge >= 0.3 is 0 Å². The van der Waals surface area contributed by atoms with Crippen LogP contribution in [0.25, 0.3) is 0 Å². The molecular weight excluding hydrogens is 423 g/mol. The first-order valence-corrected chi connectivity index (χ1v) is 11.5. The Morgan fingerprint density at radius 2 is 1.64 bits per heavy atom. The zero-order chi connectivity index (χ0) is 23.2. The van der Waals surface area contributed by atoms with E-state index in [0.717, 1.165) is 38.2 Å². The third-order valence-electron chi connectivity index (χ3n) is 6.37. The molecule has 0 radical (unpaired) electrons. The molecule has 0 saturated carbocycles. The van der Waals surface area contributed by atoms with Crippen LogP contribution in [0.3, 0.4) is 0 Å². The fourth-order valence-electron chi connectivity index (χ4n) is 4.55. The fourth-order valence-corrected chi connectivity index (χ4v) is 4.55. The van der Waals surface area contributed by atoms with E-state index in [2.05, 4.69) is 9.88 Å². The summed E-state index contributed by atoms with van der Waals surface area (Å²) < 4.78 is 13.1. The van der Waals surface area contributed by atoms with Gasteiger partial charge in [-0.15, -0.1) is 0 Å². The van der Waals surface area contributed by atoms with Gasteiger partial charge in [0.2, 0.25) is 11.8 Å². The van der Waals surface area contributed by atoms with Gasteiger partial charge in [0.15, 0.2) is 5.78 Å². The molecule has 0 spiro atoms. The van der Waals surface area contributed by atoms with E-state index in [0.29, 0.717) is 25.1 Å². The molecule has 2 saturated heterocycles. The maximum Gasteiger partial charge on any atom is 0.243 e. The van der Waals surface area contributed by atoms with E-state index in [-0.39, 0.29) is 42.4 Å². The summed E-state index contributed by atoms with van der Waals surface area (Å²) in [4.78, 5) is 47.4. The van der Waals surface area contributed by atoms with Crippen molar-refractivity contribution in [3.05, 3.63) is 65.7 Å². The topological polar surface area (TPSA) is 73.8 Å². The molecule has 1 aromatic carbocycles. The van der Waals surface area contributed by atoms with Crippen molar-refractivity contribution in [2.45, 2.75) is 25.8 Å². The van der Waals surface area contributed by atoms with Crippen molar-refractivity contribution in [2.75, 3.05) is 39.3 Å². The molecule has 0 bridgehead atoms. The fraction of sp³-hybridized carbons (Fsp3) is 0.440. The van der Waals surface area contributed by atoms with Gasteiger partial charge < -0.3 is 4.90 Å². The lowest BCUT2D eigenvalue weighted by Gasteiger charge is -2.34. The minimum atomic E-state index is -0.340. The van der Waals surface area contributed by atoms with Gasteiger partial charge in [-0.2, -0.15) is 0 Å². The molecule has 2 aliphatic rings. The largest absolute Gasteiger partial charge is 0.303 e. The van der Waals surface area contributed by atoms with Gasteiger partial charge in [0.1, 0.15) is 5.82 Å². The number of piperazine rings is 1. The summed E-state index contributed by atoms with van der Waals surface area (Å²) in [6.45, 7) is 3.74. The number of benzene rings is 1. The molecular formula is C25H29FN4O3. The summed E-state index contributed by atoms with van der Waals surface area (Å²) >= 11 is 0. The molecule has 0 unspecified atom stereocenters. The van der Waals surface area contributed by atoms with Crippen LogP contribution in [0, 0.1) is 11.7 Å². The van der Waals surface area contributed by atoms with Gasteiger partial charge in [0, 0.05) is 30.8 Å². The maximum atomic E-state index is 13.1. The van der Waals surface area contributed by atoms with Crippen molar-refractivity contribution in [1.29, 1.82) is 0 Å². The highest BCUT2D eigenvalue weighted by Crippen LogP contribution is 2.22. The Morgan fingerprint density at radius 3 is 2.27 bits per heavy atom. The van der Waals surface area contributed by atoms with E-state index in [1.165, 1.54) is 17.0 Å². The normalized spacial score (nSPS) is 18.6. The van der Waals surface area contributed by atoms with Crippen LogP contribution in [0.1, 0.15) is 35.3 Å². The number of carbonyl (C=O) groups is 3. The van der Waals surface area contributed by atoms with E-state index in [1.807, 2.05) is 23.1 Å². The molecule has 33 heavy (non-hydrogen) atoms. The molecule has 7 nitrogen and oxygen atoms in total. The summed E-state index contributed by atoms with van der Waals surface area (Å²) in [5.41, 5.74) is 1.40. The highest BCUT2D eigenvalue weighted by atomic mass is 19.1. The molecule has 2 amide bonds. The molecule has 0 atom stereocenters. The minimum Gasteiger partial charge on any atom is -0.303 e. The maximum absolute atomic E-state index is 13.1. The number of imide groups is 1. The molecule has 4 rings (SSSR count). The van der Waals surface area contributed by atoms with Crippen LogP contribution < -0.4 is 0 Å². The van der Waals surface area contributed by atoms with Gasteiger partial charge in [0.25, 0.3) is 0 Å². The number of likely N-dealkylation sites (tertiary alicyclic amines) is 1. The third-order valence-corrected chi connectivity index (χ3v) is 6.37. The molecule has 2 aromatic rings. The van der Waals surface area contributed by atoms with Crippen LogP contribution in [-0.2, 0) is 16.1 Å². The van der Waals surface area contributed by atoms with Gasteiger partial charge in [-0.25, -0.2) is 4.39 Å². The van der Waals surface area contributed by atoms with E-state index >= 15 is 0 Å². The first-order chi connectivity index (χ1) is 16.0. The predicted molar refractivity (Wildman–Crippen MR) is 121 cm³/mol. The van der Waals surface area contributed by atoms with Crippen molar-refractivity contribution < 1.29 is 18.8 Å². The van der Waals surface area contributed by atoms with Crippen molar-refractivity contribution in [1.82, 2.24) is 19.7 Å². The second kappa shape index (κ2) is 10.8. The summed E-state index contributed by atoms with van der Waals surface area (Å²) in [5, 5.41) is 0. The summed E-state index contributed by atoms with van der Waals surface area (Å²) in [7, 11) is 0. The Hall–Kier alpha value is -2.97. The summed E-state index contributed by atoms with van der Waals surface area (Å²) in [6, 6.07) is 11.4. The number of halogens is 1. The van der Waals surface area contributed by atoms with Crippen LogP contribution in [0.5, 0.6) is 0 Å². The van der Waals surface area contributed by atoms with Crippen LogP contribution in [0.2, 0.25) is 0 Å². The number of nitrogens with zero attached hydrogens (tertiary/aromatic N) is 4. The van der Waals surface area contributed by atoms with Crippen LogP contribution in [-0.4, -0.2) is 76.5 Å².